The van der Waals surface area contributed by atoms with Crippen LogP contribution in [0.15, 0.2) is 16.9 Å². The molecule has 0 radical (unpaired) electrons. The zero-order valence-electron chi connectivity index (χ0n) is 9.12. The van der Waals surface area contributed by atoms with Gasteiger partial charge in [-0.25, -0.2) is 0 Å². The zero-order chi connectivity index (χ0) is 11.5. The van der Waals surface area contributed by atoms with Crippen LogP contribution in [0.25, 0.3) is 0 Å². The SMILES string of the molecule is COC(C)c1noc(Cn2cc(N)cn2)n1. The number of methoxy groups -OCH3 is 1. The summed E-state index contributed by atoms with van der Waals surface area (Å²) in [5.74, 6) is 1.000. The van der Waals surface area contributed by atoms with E-state index in [1.54, 1.807) is 24.2 Å². The van der Waals surface area contributed by atoms with Gasteiger partial charge >= 0.3 is 0 Å². The fourth-order valence-corrected chi connectivity index (χ4v) is 1.21. The molecular formula is C9H13N5O2. The van der Waals surface area contributed by atoms with Gasteiger partial charge in [0.1, 0.15) is 12.6 Å². The van der Waals surface area contributed by atoms with E-state index in [9.17, 15) is 0 Å². The average molecular weight is 223 g/mol. The highest BCUT2D eigenvalue weighted by molar-refractivity contribution is 5.30. The van der Waals surface area contributed by atoms with Crippen LogP contribution in [-0.4, -0.2) is 27.0 Å². The Bertz CT molecular complexity index is 464. The number of ether oxygens (including phenoxy) is 1. The smallest absolute Gasteiger partial charge is 0.248 e. The second kappa shape index (κ2) is 4.31. The summed E-state index contributed by atoms with van der Waals surface area (Å²) in [5, 5.41) is 7.82. The molecule has 2 aromatic heterocycles. The molecule has 0 spiro atoms. The molecular weight excluding hydrogens is 210 g/mol. The van der Waals surface area contributed by atoms with Crippen molar-refractivity contribution in [3.8, 4) is 0 Å². The maximum Gasteiger partial charge on any atom is 0.248 e. The molecule has 0 aliphatic heterocycles. The zero-order valence-corrected chi connectivity index (χ0v) is 9.12. The normalized spacial score (nSPS) is 12.9. The van der Waals surface area contributed by atoms with Crippen LogP contribution in [0, 0.1) is 0 Å². The molecule has 0 aliphatic rings. The number of rotatable bonds is 4. The molecule has 0 saturated heterocycles. The van der Waals surface area contributed by atoms with Crippen LogP contribution in [0.2, 0.25) is 0 Å². The summed E-state index contributed by atoms with van der Waals surface area (Å²) in [6, 6.07) is 0. The van der Waals surface area contributed by atoms with Gasteiger partial charge in [0.15, 0.2) is 5.82 Å². The number of hydrogen-bond acceptors (Lipinski definition) is 6. The van der Waals surface area contributed by atoms with Crippen LogP contribution >= 0.6 is 0 Å². The van der Waals surface area contributed by atoms with Crippen LogP contribution in [0.3, 0.4) is 0 Å². The second-order valence-electron chi connectivity index (χ2n) is 3.40. The highest BCUT2D eigenvalue weighted by Crippen LogP contribution is 2.12. The predicted molar refractivity (Wildman–Crippen MR) is 55.5 cm³/mol. The molecule has 0 bridgehead atoms. The maximum absolute atomic E-state index is 5.54. The van der Waals surface area contributed by atoms with Gasteiger partial charge in [0, 0.05) is 13.3 Å². The molecule has 7 heteroatoms. The molecule has 0 aliphatic carbocycles. The summed E-state index contributed by atoms with van der Waals surface area (Å²) >= 11 is 0. The van der Waals surface area contributed by atoms with E-state index >= 15 is 0 Å². The van der Waals surface area contributed by atoms with Crippen molar-refractivity contribution < 1.29 is 9.26 Å². The fraction of sp³-hybridized carbons (Fsp3) is 0.444. The first-order valence-corrected chi connectivity index (χ1v) is 4.82. The van der Waals surface area contributed by atoms with Crippen molar-refractivity contribution in [1.29, 1.82) is 0 Å². The van der Waals surface area contributed by atoms with Gasteiger partial charge in [-0.2, -0.15) is 10.1 Å². The first-order chi connectivity index (χ1) is 7.69. The Hall–Kier alpha value is -1.89. The van der Waals surface area contributed by atoms with Crippen LogP contribution < -0.4 is 5.73 Å². The Morgan fingerprint density at radius 2 is 2.44 bits per heavy atom. The number of aromatic nitrogens is 4. The van der Waals surface area contributed by atoms with Crippen LogP contribution in [0.4, 0.5) is 5.69 Å². The third-order valence-corrected chi connectivity index (χ3v) is 2.15. The molecule has 2 heterocycles. The number of nitrogens with two attached hydrogens (primary N) is 1. The van der Waals surface area contributed by atoms with Crippen LogP contribution in [-0.2, 0) is 11.3 Å². The van der Waals surface area contributed by atoms with Crippen molar-refractivity contribution in [2.24, 2.45) is 0 Å². The van der Waals surface area contributed by atoms with Gasteiger partial charge in [-0.15, -0.1) is 0 Å². The summed E-state index contributed by atoms with van der Waals surface area (Å²) < 4.78 is 11.8. The topological polar surface area (TPSA) is 92.0 Å². The largest absolute Gasteiger partial charge is 0.396 e. The number of anilines is 1. The minimum Gasteiger partial charge on any atom is -0.396 e. The lowest BCUT2D eigenvalue weighted by Gasteiger charge is -2.00. The molecule has 0 amide bonds. The van der Waals surface area contributed by atoms with Gasteiger partial charge in [0.05, 0.1) is 11.9 Å². The third-order valence-electron chi connectivity index (χ3n) is 2.15. The summed E-state index contributed by atoms with van der Waals surface area (Å²) in [4.78, 5) is 4.18. The third kappa shape index (κ3) is 2.19. The highest BCUT2D eigenvalue weighted by atomic mass is 16.5. The van der Waals surface area contributed by atoms with Crippen molar-refractivity contribution in [3.63, 3.8) is 0 Å². The van der Waals surface area contributed by atoms with Crippen molar-refractivity contribution in [3.05, 3.63) is 24.1 Å². The van der Waals surface area contributed by atoms with E-state index in [0.29, 0.717) is 23.9 Å². The Kier molecular flexibility index (Phi) is 2.86. The molecule has 2 aromatic rings. The van der Waals surface area contributed by atoms with Crippen molar-refractivity contribution >= 4 is 5.69 Å². The molecule has 1 atom stereocenters. The van der Waals surface area contributed by atoms with E-state index in [2.05, 4.69) is 15.2 Å². The average Bonchev–Trinajstić information content (AvgIpc) is 2.87. The minimum atomic E-state index is -0.180. The molecule has 7 nitrogen and oxygen atoms in total. The van der Waals surface area contributed by atoms with Gasteiger partial charge in [0.25, 0.3) is 0 Å². The molecule has 1 unspecified atom stereocenters. The van der Waals surface area contributed by atoms with Crippen molar-refractivity contribution in [2.75, 3.05) is 12.8 Å². The Morgan fingerprint density at radius 1 is 1.62 bits per heavy atom. The molecule has 86 valence electrons. The van der Waals surface area contributed by atoms with Gasteiger partial charge < -0.3 is 15.0 Å². The first-order valence-electron chi connectivity index (χ1n) is 4.82. The fourth-order valence-electron chi connectivity index (χ4n) is 1.21. The molecule has 0 saturated carbocycles. The molecule has 0 fully saturated rings. The number of hydrogen-bond donors (Lipinski definition) is 1. The quantitative estimate of drug-likeness (QED) is 0.816. The van der Waals surface area contributed by atoms with E-state index in [1.165, 1.54) is 0 Å². The Labute approximate surface area is 92.2 Å². The van der Waals surface area contributed by atoms with E-state index in [0.717, 1.165) is 0 Å². The van der Waals surface area contributed by atoms with Gasteiger partial charge in [-0.3, -0.25) is 4.68 Å². The Balaban J connectivity index is 2.08. The number of nitrogen functional groups attached to an aromatic ring is 1. The minimum absolute atomic E-state index is 0.180. The van der Waals surface area contributed by atoms with Gasteiger partial charge in [-0.05, 0) is 6.92 Å². The van der Waals surface area contributed by atoms with Crippen molar-refractivity contribution in [2.45, 2.75) is 19.6 Å². The lowest BCUT2D eigenvalue weighted by atomic mass is 10.4. The molecule has 0 aromatic carbocycles. The maximum atomic E-state index is 5.54. The molecule has 2 rings (SSSR count). The lowest BCUT2D eigenvalue weighted by molar-refractivity contribution is 0.109. The summed E-state index contributed by atoms with van der Waals surface area (Å²) in [5.41, 5.74) is 6.14. The highest BCUT2D eigenvalue weighted by Gasteiger charge is 2.13. The summed E-state index contributed by atoms with van der Waals surface area (Å²) in [6.45, 7) is 2.25. The predicted octanol–water partition coefficient (Wildman–Crippen LogP) is 0.604. The van der Waals surface area contributed by atoms with E-state index in [4.69, 9.17) is 15.0 Å². The van der Waals surface area contributed by atoms with E-state index < -0.39 is 0 Å². The number of nitrogens with zero attached hydrogens (tertiary/aromatic N) is 4. The molecule has 16 heavy (non-hydrogen) atoms. The standard InChI is InChI=1S/C9H13N5O2/c1-6(15-2)9-12-8(16-13-9)5-14-4-7(10)3-11-14/h3-4,6H,5,10H2,1-2H3. The molecule has 2 N–H and O–H groups in total. The van der Waals surface area contributed by atoms with E-state index in [1.807, 2.05) is 6.92 Å². The second-order valence-corrected chi connectivity index (χ2v) is 3.40. The summed E-state index contributed by atoms with van der Waals surface area (Å²) in [6.07, 6.45) is 3.08. The summed E-state index contributed by atoms with van der Waals surface area (Å²) in [7, 11) is 1.59. The van der Waals surface area contributed by atoms with Crippen LogP contribution in [0.1, 0.15) is 24.7 Å². The van der Waals surface area contributed by atoms with Gasteiger partial charge in [-0.1, -0.05) is 5.16 Å². The van der Waals surface area contributed by atoms with Gasteiger partial charge in [0.2, 0.25) is 5.89 Å². The Morgan fingerprint density at radius 3 is 3.06 bits per heavy atom. The van der Waals surface area contributed by atoms with Crippen LogP contribution in [0.5, 0.6) is 0 Å². The lowest BCUT2D eigenvalue weighted by Crippen LogP contribution is -2.02. The first kappa shape index (κ1) is 10.6. The van der Waals surface area contributed by atoms with E-state index in [-0.39, 0.29) is 6.10 Å². The monoisotopic (exact) mass is 223 g/mol. The van der Waals surface area contributed by atoms with Crippen molar-refractivity contribution in [1.82, 2.24) is 19.9 Å².